The lowest BCUT2D eigenvalue weighted by Gasteiger charge is -2.23. The van der Waals surface area contributed by atoms with E-state index >= 15 is 0 Å². The van der Waals surface area contributed by atoms with Crippen molar-refractivity contribution in [3.63, 3.8) is 0 Å². The van der Waals surface area contributed by atoms with Gasteiger partial charge >= 0.3 is 0 Å². The van der Waals surface area contributed by atoms with E-state index in [1.807, 2.05) is 24.3 Å². The van der Waals surface area contributed by atoms with Gasteiger partial charge in [-0.05, 0) is 24.1 Å². The predicted molar refractivity (Wildman–Crippen MR) is 73.1 cm³/mol. The van der Waals surface area contributed by atoms with Crippen LogP contribution in [0.2, 0.25) is 0 Å². The maximum atomic E-state index is 9.83. The molecular formula is C14H23NO4. The minimum atomic E-state index is -0.981. The summed E-state index contributed by atoms with van der Waals surface area (Å²) in [5, 5.41) is 27.6. The number of ether oxygens (including phenoxy) is 1. The summed E-state index contributed by atoms with van der Waals surface area (Å²) < 4.78 is 5.39. The minimum absolute atomic E-state index is 0.0160. The maximum Gasteiger partial charge on any atom is 0.210 e. The van der Waals surface area contributed by atoms with Crippen LogP contribution in [0.15, 0.2) is 24.3 Å². The fourth-order valence-electron chi connectivity index (χ4n) is 1.80. The molecule has 0 aliphatic heterocycles. The normalized spacial score (nSPS) is 12.7. The molecule has 1 atom stereocenters. The molecule has 0 bridgehead atoms. The summed E-state index contributed by atoms with van der Waals surface area (Å²) in [6.45, 7) is 3.09. The molecule has 0 saturated heterocycles. The summed E-state index contributed by atoms with van der Waals surface area (Å²) in [4.78, 5) is 1.74. The molecule has 3 N–H and O–H groups in total. The van der Waals surface area contributed by atoms with Crippen LogP contribution in [0.5, 0.6) is 5.75 Å². The van der Waals surface area contributed by atoms with E-state index in [4.69, 9.17) is 14.9 Å². The predicted octanol–water partition coefficient (Wildman–Crippen LogP) is 0.233. The van der Waals surface area contributed by atoms with Crippen molar-refractivity contribution in [3.8, 4) is 5.75 Å². The van der Waals surface area contributed by atoms with Crippen LogP contribution in [0.4, 0.5) is 0 Å². The molecule has 0 aliphatic carbocycles. The molecule has 0 spiro atoms. The highest BCUT2D eigenvalue weighted by molar-refractivity contribution is 5.27. The third-order valence-corrected chi connectivity index (χ3v) is 2.85. The fraction of sp³-hybridized carbons (Fsp3) is 0.571. The number of nitrogens with zero attached hydrogens (tertiary/aromatic N) is 1. The Hall–Kier alpha value is -1.14. The first kappa shape index (κ1) is 15.9. The third kappa shape index (κ3) is 6.02. The van der Waals surface area contributed by atoms with Crippen molar-refractivity contribution in [1.82, 2.24) is 4.90 Å². The lowest BCUT2D eigenvalue weighted by molar-refractivity contribution is -0.0448. The van der Waals surface area contributed by atoms with E-state index in [1.54, 1.807) is 4.90 Å². The van der Waals surface area contributed by atoms with Crippen molar-refractivity contribution in [1.29, 1.82) is 0 Å². The van der Waals surface area contributed by atoms with Gasteiger partial charge in [0.25, 0.3) is 0 Å². The Morgan fingerprint density at radius 3 is 2.16 bits per heavy atom. The van der Waals surface area contributed by atoms with Crippen molar-refractivity contribution in [2.24, 2.45) is 0 Å². The number of hydrogen-bond acceptors (Lipinski definition) is 5. The van der Waals surface area contributed by atoms with Crippen LogP contribution in [0.1, 0.15) is 12.5 Å². The molecule has 0 aliphatic rings. The first-order valence-electron chi connectivity index (χ1n) is 6.57. The molecular weight excluding hydrogens is 246 g/mol. The van der Waals surface area contributed by atoms with Crippen LogP contribution in [0.3, 0.4) is 0 Å². The summed E-state index contributed by atoms with van der Waals surface area (Å²) >= 11 is 0. The molecule has 0 fully saturated rings. The van der Waals surface area contributed by atoms with Crippen molar-refractivity contribution < 1.29 is 20.1 Å². The summed E-state index contributed by atoms with van der Waals surface area (Å²) in [5.41, 5.74) is 1.21. The minimum Gasteiger partial charge on any atom is -0.464 e. The quantitative estimate of drug-likeness (QED) is 0.560. The van der Waals surface area contributed by atoms with Crippen molar-refractivity contribution >= 4 is 0 Å². The second-order valence-corrected chi connectivity index (χ2v) is 4.32. The zero-order valence-electron chi connectivity index (χ0n) is 11.3. The zero-order valence-corrected chi connectivity index (χ0v) is 11.3. The molecule has 1 unspecified atom stereocenters. The van der Waals surface area contributed by atoms with Gasteiger partial charge in [0.15, 0.2) is 0 Å². The Bertz CT molecular complexity index is 336. The molecule has 1 rings (SSSR count). The molecule has 0 heterocycles. The van der Waals surface area contributed by atoms with E-state index in [0.717, 1.165) is 6.42 Å². The van der Waals surface area contributed by atoms with Gasteiger partial charge in [0.2, 0.25) is 6.29 Å². The Kier molecular flexibility index (Phi) is 7.43. The molecule has 108 valence electrons. The van der Waals surface area contributed by atoms with E-state index < -0.39 is 6.29 Å². The highest BCUT2D eigenvalue weighted by Gasteiger charge is 2.12. The Morgan fingerprint density at radius 1 is 1.11 bits per heavy atom. The Morgan fingerprint density at radius 2 is 1.68 bits per heavy atom. The van der Waals surface area contributed by atoms with Crippen LogP contribution in [-0.4, -0.2) is 59.4 Å². The molecule has 0 saturated carbocycles. The number of aliphatic hydroxyl groups excluding tert-OH is 3. The first-order valence-corrected chi connectivity index (χ1v) is 6.57. The number of hydrogen-bond donors (Lipinski definition) is 3. The van der Waals surface area contributed by atoms with Gasteiger partial charge in [-0.1, -0.05) is 19.1 Å². The van der Waals surface area contributed by atoms with Gasteiger partial charge in [-0.3, -0.25) is 4.90 Å². The lowest BCUT2D eigenvalue weighted by Crippen LogP contribution is -2.38. The van der Waals surface area contributed by atoms with Crippen LogP contribution < -0.4 is 4.74 Å². The molecule has 1 aromatic carbocycles. The smallest absolute Gasteiger partial charge is 0.210 e. The Balaban J connectivity index is 2.45. The summed E-state index contributed by atoms with van der Waals surface area (Å²) in [6.07, 6.45) is -0.0190. The second kappa shape index (κ2) is 8.87. The lowest BCUT2D eigenvalue weighted by atomic mass is 10.2. The van der Waals surface area contributed by atoms with E-state index in [1.165, 1.54) is 5.56 Å². The van der Waals surface area contributed by atoms with Crippen LogP contribution in [0, 0.1) is 0 Å². The van der Waals surface area contributed by atoms with Gasteiger partial charge in [-0.2, -0.15) is 0 Å². The van der Waals surface area contributed by atoms with Gasteiger partial charge in [-0.15, -0.1) is 0 Å². The topological polar surface area (TPSA) is 73.2 Å². The summed E-state index contributed by atoms with van der Waals surface area (Å²) in [6, 6.07) is 7.57. The van der Waals surface area contributed by atoms with Crippen LogP contribution >= 0.6 is 0 Å². The number of aryl methyl sites for hydroxylation is 1. The van der Waals surface area contributed by atoms with E-state index in [2.05, 4.69) is 6.92 Å². The standard InChI is InChI=1S/C14H23NO4/c1-2-12-3-5-13(6-4-12)19-14(18)11-15(7-9-16)8-10-17/h3-6,14,16-18H,2,7-11H2,1H3. The average Bonchev–Trinajstić information content (AvgIpc) is 2.40. The molecule has 0 aromatic heterocycles. The highest BCUT2D eigenvalue weighted by Crippen LogP contribution is 2.14. The number of rotatable bonds is 9. The van der Waals surface area contributed by atoms with Gasteiger partial charge in [-0.25, -0.2) is 0 Å². The monoisotopic (exact) mass is 269 g/mol. The van der Waals surface area contributed by atoms with Crippen molar-refractivity contribution in [2.75, 3.05) is 32.8 Å². The van der Waals surface area contributed by atoms with E-state index in [0.29, 0.717) is 18.8 Å². The molecule has 5 heteroatoms. The number of aliphatic hydroxyl groups is 3. The van der Waals surface area contributed by atoms with Crippen LogP contribution in [0.25, 0.3) is 0 Å². The summed E-state index contributed by atoms with van der Waals surface area (Å²) in [5.74, 6) is 0.609. The summed E-state index contributed by atoms with van der Waals surface area (Å²) in [7, 11) is 0. The zero-order chi connectivity index (χ0) is 14.1. The van der Waals surface area contributed by atoms with E-state index in [9.17, 15) is 5.11 Å². The van der Waals surface area contributed by atoms with Gasteiger partial charge in [0.05, 0.1) is 19.8 Å². The van der Waals surface area contributed by atoms with Gasteiger partial charge in [0, 0.05) is 13.1 Å². The molecule has 5 nitrogen and oxygen atoms in total. The molecule has 0 amide bonds. The van der Waals surface area contributed by atoms with E-state index in [-0.39, 0.29) is 19.8 Å². The SMILES string of the molecule is CCc1ccc(OC(O)CN(CCO)CCO)cc1. The highest BCUT2D eigenvalue weighted by atomic mass is 16.6. The second-order valence-electron chi connectivity index (χ2n) is 4.32. The van der Waals surface area contributed by atoms with Gasteiger partial charge < -0.3 is 20.1 Å². The maximum absolute atomic E-state index is 9.83. The van der Waals surface area contributed by atoms with Crippen LogP contribution in [-0.2, 0) is 6.42 Å². The van der Waals surface area contributed by atoms with Gasteiger partial charge in [0.1, 0.15) is 5.75 Å². The average molecular weight is 269 g/mol. The molecule has 0 radical (unpaired) electrons. The van der Waals surface area contributed by atoms with Crippen molar-refractivity contribution in [3.05, 3.63) is 29.8 Å². The van der Waals surface area contributed by atoms with Crippen molar-refractivity contribution in [2.45, 2.75) is 19.6 Å². The Labute approximate surface area is 114 Å². The molecule has 19 heavy (non-hydrogen) atoms. The largest absolute Gasteiger partial charge is 0.464 e. The number of benzene rings is 1. The first-order chi connectivity index (χ1) is 9.19. The fourth-order valence-corrected chi connectivity index (χ4v) is 1.80. The third-order valence-electron chi connectivity index (χ3n) is 2.85. The molecule has 1 aromatic rings.